The summed E-state index contributed by atoms with van der Waals surface area (Å²) in [7, 11) is 0. The Bertz CT molecular complexity index is 971. The average molecular weight is 514 g/mol. The molecule has 3 saturated carbocycles. The summed E-state index contributed by atoms with van der Waals surface area (Å²) in [5, 5.41) is 2.83. The van der Waals surface area contributed by atoms with Gasteiger partial charge in [0.25, 0.3) is 0 Å². The molecule has 0 aliphatic heterocycles. The molecule has 1 amide bonds. The maximum atomic E-state index is 13.5. The van der Waals surface area contributed by atoms with Crippen LogP contribution in [0.4, 0.5) is 0 Å². The van der Waals surface area contributed by atoms with Crippen LogP contribution in [-0.2, 0) is 23.9 Å². The normalized spacial score (nSPS) is 38.4. The van der Waals surface area contributed by atoms with Crippen molar-refractivity contribution in [2.24, 2.45) is 46.3 Å². The Morgan fingerprint density at radius 1 is 1.08 bits per heavy atom. The predicted molar refractivity (Wildman–Crippen MR) is 142 cm³/mol. The number of carbonyl (C=O) groups excluding carboxylic acids is 4. The largest absolute Gasteiger partial charge is 0.462 e. The van der Waals surface area contributed by atoms with Gasteiger partial charge in [0, 0.05) is 51.5 Å². The van der Waals surface area contributed by atoms with Crippen LogP contribution in [0.1, 0.15) is 99.3 Å². The maximum Gasteiger partial charge on any atom is 0.302 e. The first-order valence-electron chi connectivity index (χ1n) is 14.5. The highest BCUT2D eigenvalue weighted by Crippen LogP contribution is 2.66. The molecule has 4 rings (SSSR count). The number of amides is 1. The molecule has 206 valence electrons. The lowest BCUT2D eigenvalue weighted by atomic mass is 9.47. The fourth-order valence-corrected chi connectivity index (χ4v) is 8.86. The van der Waals surface area contributed by atoms with Crippen molar-refractivity contribution < 1.29 is 23.9 Å². The molecule has 0 bridgehead atoms. The van der Waals surface area contributed by atoms with Crippen LogP contribution in [0.5, 0.6) is 0 Å². The molecule has 37 heavy (non-hydrogen) atoms. The van der Waals surface area contributed by atoms with Crippen molar-refractivity contribution in [3.63, 3.8) is 0 Å². The minimum atomic E-state index is -0.253. The summed E-state index contributed by atoms with van der Waals surface area (Å²) >= 11 is 0. The third-order valence-electron chi connectivity index (χ3n) is 10.9. The van der Waals surface area contributed by atoms with Crippen LogP contribution < -0.4 is 5.32 Å². The number of nitrogens with one attached hydrogen (secondary N) is 1. The maximum absolute atomic E-state index is 13.5. The van der Waals surface area contributed by atoms with Crippen LogP contribution in [-0.4, -0.2) is 36.1 Å². The van der Waals surface area contributed by atoms with Crippen LogP contribution in [0.15, 0.2) is 11.6 Å². The third-order valence-corrected chi connectivity index (χ3v) is 10.9. The second kappa shape index (κ2) is 10.6. The van der Waals surface area contributed by atoms with E-state index < -0.39 is 0 Å². The van der Waals surface area contributed by atoms with Crippen LogP contribution in [0.25, 0.3) is 0 Å². The molecule has 0 aromatic rings. The number of hydrogen-bond donors (Lipinski definition) is 1. The summed E-state index contributed by atoms with van der Waals surface area (Å²) in [6.45, 7) is 12.3. The smallest absolute Gasteiger partial charge is 0.302 e. The van der Waals surface area contributed by atoms with Crippen LogP contribution >= 0.6 is 0 Å². The lowest BCUT2D eigenvalue weighted by Crippen LogP contribution is -2.51. The monoisotopic (exact) mass is 513 g/mol. The van der Waals surface area contributed by atoms with Crippen molar-refractivity contribution in [1.82, 2.24) is 5.32 Å². The van der Waals surface area contributed by atoms with Gasteiger partial charge in [-0.15, -0.1) is 0 Å². The van der Waals surface area contributed by atoms with Gasteiger partial charge in [-0.1, -0.05) is 39.3 Å². The van der Waals surface area contributed by atoms with E-state index in [1.165, 1.54) is 19.4 Å². The van der Waals surface area contributed by atoms with Gasteiger partial charge in [0.15, 0.2) is 0 Å². The minimum Gasteiger partial charge on any atom is -0.462 e. The zero-order chi connectivity index (χ0) is 27.1. The Morgan fingerprint density at radius 3 is 2.49 bits per heavy atom. The van der Waals surface area contributed by atoms with E-state index in [0.717, 1.165) is 44.9 Å². The Hall–Kier alpha value is -1.98. The Labute approximate surface area is 222 Å². The first kappa shape index (κ1) is 28.0. The Kier molecular flexibility index (Phi) is 8.07. The molecule has 0 spiro atoms. The number of ketones is 2. The van der Waals surface area contributed by atoms with Crippen molar-refractivity contribution in [3.8, 4) is 0 Å². The van der Waals surface area contributed by atoms with E-state index in [9.17, 15) is 19.2 Å². The SMILES string of the molecule is CC(=O)NC[C@H](C)CCC(=O)[C@H](C)[C@@H]1C(=O)C[C@@H]2[C@H]3CC=C4C[C@@H](OC(C)=O)CC[C@]4(C)[C@@H]3CC[C@@]21C. The molecule has 0 heterocycles. The number of rotatable bonds is 8. The molecule has 9 atom stereocenters. The van der Waals surface area contributed by atoms with Crippen molar-refractivity contribution in [2.75, 3.05) is 6.54 Å². The molecular formula is C31H47NO5. The lowest BCUT2D eigenvalue weighted by molar-refractivity contribution is -0.148. The van der Waals surface area contributed by atoms with Gasteiger partial charge in [0.1, 0.15) is 17.7 Å². The molecule has 0 aromatic heterocycles. The van der Waals surface area contributed by atoms with E-state index in [0.29, 0.717) is 42.9 Å². The molecular weight excluding hydrogens is 466 g/mol. The summed E-state index contributed by atoms with van der Waals surface area (Å²) in [5.74, 6) is 1.40. The topological polar surface area (TPSA) is 89.5 Å². The van der Waals surface area contributed by atoms with E-state index in [2.05, 4.69) is 32.2 Å². The van der Waals surface area contributed by atoms with Gasteiger partial charge in [-0.2, -0.15) is 0 Å². The fraction of sp³-hybridized carbons (Fsp3) is 0.806. The summed E-state index contributed by atoms with van der Waals surface area (Å²) in [4.78, 5) is 49.5. The standard InChI is InChI=1S/C31H47NO5/c1-18(17-32-20(3)33)7-10-27(35)19(2)29-28(36)16-26-24-9-8-22-15-23(37-21(4)34)11-13-30(22,5)25(24)12-14-31(26,29)6/h8,18-19,23-26,29H,7,9-17H2,1-6H3,(H,32,33)/t18-,19+,23+,24+,25-,26-,29-,30+,31+/m1/s1. The second-order valence-corrected chi connectivity index (χ2v) is 13.3. The average Bonchev–Trinajstić information content (AvgIpc) is 3.10. The fourth-order valence-electron chi connectivity index (χ4n) is 8.86. The van der Waals surface area contributed by atoms with E-state index >= 15 is 0 Å². The highest BCUT2D eigenvalue weighted by Gasteiger charge is 2.62. The number of carbonyl (C=O) groups is 4. The van der Waals surface area contributed by atoms with E-state index in [1.54, 1.807) is 0 Å². The number of esters is 1. The van der Waals surface area contributed by atoms with Crippen LogP contribution in [0.3, 0.4) is 0 Å². The van der Waals surface area contributed by atoms with Crippen LogP contribution in [0.2, 0.25) is 0 Å². The molecule has 4 aliphatic carbocycles. The molecule has 0 saturated heterocycles. The molecule has 0 aromatic carbocycles. The van der Waals surface area contributed by atoms with Gasteiger partial charge in [-0.05, 0) is 73.0 Å². The number of ether oxygens (including phenoxy) is 1. The van der Waals surface area contributed by atoms with Gasteiger partial charge >= 0.3 is 5.97 Å². The Morgan fingerprint density at radius 2 is 1.81 bits per heavy atom. The number of Topliss-reactive ketones (excluding diaryl/α,β-unsaturated/α-hetero) is 2. The Balaban J connectivity index is 1.45. The zero-order valence-corrected chi connectivity index (χ0v) is 23.7. The minimum absolute atomic E-state index is 0.00695. The van der Waals surface area contributed by atoms with Crippen molar-refractivity contribution in [1.29, 1.82) is 0 Å². The quantitative estimate of drug-likeness (QED) is 0.345. The van der Waals surface area contributed by atoms with E-state index in [4.69, 9.17) is 4.74 Å². The molecule has 3 fully saturated rings. The van der Waals surface area contributed by atoms with Crippen molar-refractivity contribution >= 4 is 23.4 Å². The summed E-state index contributed by atoms with van der Waals surface area (Å²) in [6.07, 6.45) is 10.1. The predicted octanol–water partition coefficient (Wildman–Crippen LogP) is 5.43. The van der Waals surface area contributed by atoms with E-state index in [1.807, 2.05) is 6.92 Å². The number of hydrogen-bond acceptors (Lipinski definition) is 5. The van der Waals surface area contributed by atoms with E-state index in [-0.39, 0.29) is 52.3 Å². The van der Waals surface area contributed by atoms with Gasteiger partial charge in [-0.25, -0.2) is 0 Å². The number of fused-ring (bicyclic) bond motifs is 5. The molecule has 6 heteroatoms. The lowest BCUT2D eigenvalue weighted by Gasteiger charge is -2.58. The zero-order valence-electron chi connectivity index (χ0n) is 23.7. The van der Waals surface area contributed by atoms with Crippen LogP contribution in [0, 0.1) is 46.3 Å². The van der Waals surface area contributed by atoms with Gasteiger partial charge in [0.05, 0.1) is 0 Å². The first-order valence-corrected chi connectivity index (χ1v) is 14.5. The highest BCUT2D eigenvalue weighted by molar-refractivity contribution is 5.92. The van der Waals surface area contributed by atoms with Crippen molar-refractivity contribution in [3.05, 3.63) is 11.6 Å². The highest BCUT2D eigenvalue weighted by atomic mass is 16.5. The molecule has 6 nitrogen and oxygen atoms in total. The van der Waals surface area contributed by atoms with Gasteiger partial charge in [0.2, 0.25) is 5.91 Å². The molecule has 0 unspecified atom stereocenters. The summed E-state index contributed by atoms with van der Waals surface area (Å²) in [6, 6.07) is 0. The molecule has 0 radical (unpaired) electrons. The molecule has 4 aliphatic rings. The van der Waals surface area contributed by atoms with Gasteiger partial charge in [-0.3, -0.25) is 19.2 Å². The van der Waals surface area contributed by atoms with Crippen molar-refractivity contribution in [2.45, 2.75) is 105 Å². The summed E-state index contributed by atoms with van der Waals surface area (Å²) in [5.41, 5.74) is 1.45. The summed E-state index contributed by atoms with van der Waals surface area (Å²) < 4.78 is 5.57. The first-order chi connectivity index (χ1) is 17.4. The van der Waals surface area contributed by atoms with Gasteiger partial charge < -0.3 is 10.1 Å². The number of allylic oxidation sites excluding steroid dienone is 1. The third kappa shape index (κ3) is 5.31. The second-order valence-electron chi connectivity index (χ2n) is 13.3. The molecule has 1 N–H and O–H groups in total.